The standard InChI is InChI=1S/C37H46N2O4/c1-35-16-14-29(41)20-26(35)10-13-30-31-15-17-37(33(43)22-40,36(31,2)21-32(42)34(30)35)23-39(4)28-11-8-24(9-12-28)18-25-6-5-7-27(19-25)38-3/h5-9,11-12,14,16,19-20,30-32,34,38,40,42H,10,13,15,17-18,21-23H2,1-4H3. The minimum atomic E-state index is -0.755. The molecule has 0 heterocycles. The molecule has 2 aromatic carbocycles. The number of hydrogen-bond acceptors (Lipinski definition) is 6. The first-order valence-corrected chi connectivity index (χ1v) is 15.9. The van der Waals surface area contributed by atoms with E-state index in [1.54, 1.807) is 12.2 Å². The van der Waals surface area contributed by atoms with E-state index in [4.69, 9.17) is 0 Å². The van der Waals surface area contributed by atoms with Crippen molar-refractivity contribution in [3.8, 4) is 0 Å². The molecule has 228 valence electrons. The summed E-state index contributed by atoms with van der Waals surface area (Å²) >= 11 is 0. The molecule has 7 atom stereocenters. The first-order valence-electron chi connectivity index (χ1n) is 15.9. The van der Waals surface area contributed by atoms with E-state index in [1.807, 2.05) is 20.2 Å². The highest BCUT2D eigenvalue weighted by Gasteiger charge is 2.68. The van der Waals surface area contributed by atoms with E-state index in [0.29, 0.717) is 19.4 Å². The second-order valence-corrected chi connectivity index (χ2v) is 14.1. The molecule has 0 radical (unpaired) electrons. The van der Waals surface area contributed by atoms with Crippen LogP contribution >= 0.6 is 0 Å². The summed E-state index contributed by atoms with van der Waals surface area (Å²) < 4.78 is 0. The summed E-state index contributed by atoms with van der Waals surface area (Å²) in [7, 11) is 3.97. The molecule has 7 unspecified atom stereocenters. The predicted octanol–water partition coefficient (Wildman–Crippen LogP) is 5.58. The fraction of sp³-hybridized carbons (Fsp3) is 0.514. The molecule has 43 heavy (non-hydrogen) atoms. The zero-order valence-electron chi connectivity index (χ0n) is 26.0. The summed E-state index contributed by atoms with van der Waals surface area (Å²) in [6, 6.07) is 17.0. The summed E-state index contributed by atoms with van der Waals surface area (Å²) in [6.45, 7) is 4.41. The van der Waals surface area contributed by atoms with Crippen molar-refractivity contribution >= 4 is 22.9 Å². The molecular formula is C37H46N2O4. The van der Waals surface area contributed by atoms with Crippen molar-refractivity contribution in [2.24, 2.45) is 34.0 Å². The maximum Gasteiger partial charge on any atom is 0.178 e. The topological polar surface area (TPSA) is 89.9 Å². The van der Waals surface area contributed by atoms with Crippen molar-refractivity contribution < 1.29 is 19.8 Å². The summed E-state index contributed by atoms with van der Waals surface area (Å²) in [4.78, 5) is 28.2. The van der Waals surface area contributed by atoms with Crippen molar-refractivity contribution in [1.82, 2.24) is 0 Å². The molecule has 6 rings (SSSR count). The second-order valence-electron chi connectivity index (χ2n) is 14.1. The lowest BCUT2D eigenvalue weighted by Crippen LogP contribution is -2.61. The molecule has 4 aliphatic rings. The monoisotopic (exact) mass is 582 g/mol. The predicted molar refractivity (Wildman–Crippen MR) is 171 cm³/mol. The number of rotatable bonds is 8. The normalized spacial score (nSPS) is 34.6. The molecule has 0 amide bonds. The van der Waals surface area contributed by atoms with Crippen molar-refractivity contribution in [2.45, 2.75) is 58.5 Å². The summed E-state index contributed by atoms with van der Waals surface area (Å²) in [5, 5.41) is 25.4. The highest BCUT2D eigenvalue weighted by Crippen LogP contribution is 2.69. The Hall–Kier alpha value is -3.22. The first kappa shape index (κ1) is 29.8. The molecular weight excluding hydrogens is 536 g/mol. The van der Waals surface area contributed by atoms with Crippen molar-refractivity contribution in [2.75, 3.05) is 37.5 Å². The van der Waals surface area contributed by atoms with Gasteiger partial charge >= 0.3 is 0 Å². The van der Waals surface area contributed by atoms with Crippen LogP contribution in [0.25, 0.3) is 0 Å². The fourth-order valence-electron chi connectivity index (χ4n) is 9.84. The van der Waals surface area contributed by atoms with Crippen LogP contribution in [0.2, 0.25) is 0 Å². The Bertz CT molecular complexity index is 1460. The molecule has 4 aliphatic carbocycles. The number of fused-ring (bicyclic) bond motifs is 5. The number of nitrogens with zero attached hydrogens (tertiary/aromatic N) is 1. The zero-order valence-corrected chi connectivity index (χ0v) is 26.0. The summed E-state index contributed by atoms with van der Waals surface area (Å²) in [6.07, 6.45) is 9.64. The van der Waals surface area contributed by atoms with Crippen LogP contribution in [0.15, 0.2) is 72.3 Å². The van der Waals surface area contributed by atoms with E-state index in [-0.39, 0.29) is 34.7 Å². The number of anilines is 2. The lowest BCUT2D eigenvalue weighted by molar-refractivity contribution is -0.157. The maximum atomic E-state index is 13.8. The van der Waals surface area contributed by atoms with Crippen molar-refractivity contribution in [1.29, 1.82) is 0 Å². The third kappa shape index (κ3) is 4.78. The number of allylic oxidation sites excluding steroid dienone is 4. The number of aliphatic hydroxyl groups is 2. The van der Waals surface area contributed by atoms with Gasteiger partial charge in [0.15, 0.2) is 11.6 Å². The molecule has 3 N–H and O–H groups in total. The third-order valence-corrected chi connectivity index (χ3v) is 12.0. The van der Waals surface area contributed by atoms with E-state index < -0.39 is 23.5 Å². The number of nitrogens with one attached hydrogen (secondary N) is 1. The number of hydrogen-bond donors (Lipinski definition) is 3. The largest absolute Gasteiger partial charge is 0.393 e. The van der Waals surface area contributed by atoms with E-state index in [0.717, 1.165) is 42.6 Å². The smallest absolute Gasteiger partial charge is 0.178 e. The van der Waals surface area contributed by atoms with Gasteiger partial charge in [0.1, 0.15) is 6.61 Å². The SMILES string of the molecule is CNc1cccc(Cc2ccc(N(C)CC3(C(=O)CO)CCC4C5CCC6=CC(=O)C=CC6(C)C5C(O)CC43C)cc2)c1. The Kier molecular flexibility index (Phi) is 7.67. The van der Waals surface area contributed by atoms with Gasteiger partial charge in [0.2, 0.25) is 0 Å². The molecule has 6 heteroatoms. The molecule has 0 saturated heterocycles. The molecule has 3 saturated carbocycles. The first-order chi connectivity index (χ1) is 20.5. The third-order valence-electron chi connectivity index (χ3n) is 12.0. The second kappa shape index (κ2) is 11.0. The highest BCUT2D eigenvalue weighted by molar-refractivity contribution is 6.01. The summed E-state index contributed by atoms with van der Waals surface area (Å²) in [5.41, 5.74) is 4.21. The van der Waals surface area contributed by atoms with Crippen LogP contribution in [0.1, 0.15) is 57.1 Å². The average Bonchev–Trinajstić information content (AvgIpc) is 3.29. The van der Waals surface area contributed by atoms with E-state index in [1.165, 1.54) is 11.1 Å². The van der Waals surface area contributed by atoms with Gasteiger partial charge in [0.25, 0.3) is 0 Å². The van der Waals surface area contributed by atoms with Gasteiger partial charge in [0, 0.05) is 43.3 Å². The van der Waals surface area contributed by atoms with Crippen molar-refractivity contribution in [3.05, 3.63) is 83.5 Å². The number of benzene rings is 2. The Morgan fingerprint density at radius 3 is 2.58 bits per heavy atom. The van der Waals surface area contributed by atoms with Gasteiger partial charge in [0.05, 0.1) is 11.5 Å². The van der Waals surface area contributed by atoms with Gasteiger partial charge in [-0.2, -0.15) is 0 Å². The molecule has 0 aromatic heterocycles. The van der Waals surface area contributed by atoms with Gasteiger partial charge in [-0.15, -0.1) is 0 Å². The Morgan fingerprint density at radius 2 is 1.86 bits per heavy atom. The minimum absolute atomic E-state index is 0.0222. The van der Waals surface area contributed by atoms with Crippen LogP contribution in [-0.2, 0) is 16.0 Å². The number of ketones is 2. The highest BCUT2D eigenvalue weighted by atomic mass is 16.3. The van der Waals surface area contributed by atoms with Crippen LogP contribution in [0.3, 0.4) is 0 Å². The minimum Gasteiger partial charge on any atom is -0.393 e. The molecule has 6 nitrogen and oxygen atoms in total. The molecule has 0 aliphatic heterocycles. The Labute approximate surface area is 255 Å². The molecule has 0 bridgehead atoms. The zero-order chi connectivity index (χ0) is 30.6. The van der Waals surface area contributed by atoms with Gasteiger partial charge in [-0.1, -0.05) is 49.8 Å². The van der Waals surface area contributed by atoms with Crippen LogP contribution in [0, 0.1) is 34.0 Å². The van der Waals surface area contributed by atoms with Gasteiger partial charge in [-0.25, -0.2) is 0 Å². The van der Waals surface area contributed by atoms with Crippen molar-refractivity contribution in [3.63, 3.8) is 0 Å². The lowest BCUT2D eigenvalue weighted by atomic mass is 9.44. The molecule has 0 spiro atoms. The van der Waals surface area contributed by atoms with Gasteiger partial charge in [-0.3, -0.25) is 9.59 Å². The van der Waals surface area contributed by atoms with Crippen LogP contribution in [-0.4, -0.2) is 55.1 Å². The Morgan fingerprint density at radius 1 is 1.09 bits per heavy atom. The van der Waals surface area contributed by atoms with E-state index in [2.05, 4.69) is 72.6 Å². The van der Waals surface area contributed by atoms with E-state index in [9.17, 15) is 19.8 Å². The Balaban J connectivity index is 1.25. The number of carbonyl (C=O) groups excluding carboxylic acids is 2. The quantitative estimate of drug-likeness (QED) is 0.377. The van der Waals surface area contributed by atoms with Crippen LogP contribution < -0.4 is 10.2 Å². The fourth-order valence-corrected chi connectivity index (χ4v) is 9.84. The number of Topliss-reactive ketones (excluding diaryl/α,β-unsaturated/α-hetero) is 1. The number of carbonyl (C=O) groups is 2. The van der Waals surface area contributed by atoms with Crippen LogP contribution in [0.5, 0.6) is 0 Å². The summed E-state index contributed by atoms with van der Waals surface area (Å²) in [5.74, 6) is 0.474. The van der Waals surface area contributed by atoms with E-state index >= 15 is 0 Å². The number of aliphatic hydroxyl groups excluding tert-OH is 2. The average molecular weight is 583 g/mol. The molecule has 2 aromatic rings. The van der Waals surface area contributed by atoms with Crippen LogP contribution in [0.4, 0.5) is 11.4 Å². The van der Waals surface area contributed by atoms with Gasteiger partial charge in [-0.05, 0) is 103 Å². The lowest BCUT2D eigenvalue weighted by Gasteiger charge is -2.60. The molecule has 3 fully saturated rings. The van der Waals surface area contributed by atoms with Gasteiger partial charge < -0.3 is 20.4 Å². The maximum absolute atomic E-state index is 13.8.